The highest BCUT2D eigenvalue weighted by Crippen LogP contribution is 2.22. The molecule has 0 aliphatic carbocycles. The second-order valence-corrected chi connectivity index (χ2v) is 5.75. The van der Waals surface area contributed by atoms with Gasteiger partial charge in [-0.1, -0.05) is 24.3 Å². The highest BCUT2D eigenvalue weighted by Gasteiger charge is 2.07. The molecule has 8 nitrogen and oxygen atoms in total. The third kappa shape index (κ3) is 6.44. The number of benzene rings is 2. The van der Waals surface area contributed by atoms with Gasteiger partial charge in [-0.3, -0.25) is 19.6 Å². The van der Waals surface area contributed by atoms with Crippen molar-refractivity contribution in [2.45, 2.75) is 12.8 Å². The van der Waals surface area contributed by atoms with Crippen molar-refractivity contribution < 1.29 is 24.3 Å². The van der Waals surface area contributed by atoms with Gasteiger partial charge in [0.15, 0.2) is 6.61 Å². The predicted molar refractivity (Wildman–Crippen MR) is 98.1 cm³/mol. The third-order valence-corrected chi connectivity index (χ3v) is 3.71. The monoisotopic (exact) mass is 371 g/mol. The molecule has 0 saturated carbocycles. The molecule has 0 unspecified atom stereocenters. The number of hydrogen-bond donors (Lipinski definition) is 4. The Morgan fingerprint density at radius 1 is 0.963 bits per heavy atom. The summed E-state index contributed by atoms with van der Waals surface area (Å²) < 4.78 is 5.21. The van der Waals surface area contributed by atoms with E-state index >= 15 is 0 Å². The molecule has 3 amide bonds. The smallest absolute Gasteiger partial charge is 0.255 e. The normalized spacial score (nSPS) is 10.1. The lowest BCUT2D eigenvalue weighted by Gasteiger charge is -2.08. The van der Waals surface area contributed by atoms with Gasteiger partial charge in [-0.15, -0.1) is 0 Å². The standard InChI is InChI=1S/C19H21N3O5/c20-17(23)12-27-16-9-7-14(8-10-16)13-3-5-15(6-4-13)19(25)21-11-1-2-18(24)22-26/h3-10,26H,1-2,11-12H2,(H2,20,23)(H,21,25)(H,22,24). The van der Waals surface area contributed by atoms with E-state index in [2.05, 4.69) is 5.32 Å². The van der Waals surface area contributed by atoms with Crippen LogP contribution < -0.4 is 21.3 Å². The van der Waals surface area contributed by atoms with Crippen LogP contribution in [0.3, 0.4) is 0 Å². The van der Waals surface area contributed by atoms with Crippen molar-refractivity contribution in [1.82, 2.24) is 10.8 Å². The van der Waals surface area contributed by atoms with Crippen molar-refractivity contribution in [3.8, 4) is 16.9 Å². The number of primary amides is 1. The molecule has 0 aliphatic rings. The summed E-state index contributed by atoms with van der Waals surface area (Å²) in [5, 5.41) is 11.1. The SMILES string of the molecule is NC(=O)COc1ccc(-c2ccc(C(=O)NCCCC(=O)NO)cc2)cc1. The maximum absolute atomic E-state index is 12.1. The van der Waals surface area contributed by atoms with E-state index in [0.29, 0.717) is 24.3 Å². The Morgan fingerprint density at radius 3 is 2.11 bits per heavy atom. The quantitative estimate of drug-likeness (QED) is 0.299. The minimum absolute atomic E-state index is 0.134. The molecular formula is C19H21N3O5. The number of carbonyl (C=O) groups is 3. The van der Waals surface area contributed by atoms with Gasteiger partial charge in [0.2, 0.25) is 5.91 Å². The van der Waals surface area contributed by atoms with E-state index in [-0.39, 0.29) is 18.9 Å². The van der Waals surface area contributed by atoms with Crippen molar-refractivity contribution in [1.29, 1.82) is 0 Å². The number of hydrogen-bond acceptors (Lipinski definition) is 5. The van der Waals surface area contributed by atoms with Gasteiger partial charge in [-0.05, 0) is 41.8 Å². The van der Waals surface area contributed by atoms with Crippen LogP contribution >= 0.6 is 0 Å². The molecular weight excluding hydrogens is 350 g/mol. The van der Waals surface area contributed by atoms with Crippen LogP contribution in [0.5, 0.6) is 5.75 Å². The molecule has 2 aromatic carbocycles. The Balaban J connectivity index is 1.89. The molecule has 27 heavy (non-hydrogen) atoms. The molecule has 0 aromatic heterocycles. The first kappa shape index (κ1) is 19.9. The molecule has 142 valence electrons. The Labute approximate surface area is 156 Å². The van der Waals surface area contributed by atoms with Gasteiger partial charge in [0.1, 0.15) is 5.75 Å². The van der Waals surface area contributed by atoms with E-state index in [1.807, 2.05) is 24.3 Å². The zero-order valence-corrected chi connectivity index (χ0v) is 14.6. The topological polar surface area (TPSA) is 131 Å². The Morgan fingerprint density at radius 2 is 1.56 bits per heavy atom. The van der Waals surface area contributed by atoms with Gasteiger partial charge < -0.3 is 15.8 Å². The van der Waals surface area contributed by atoms with Gasteiger partial charge in [-0.25, -0.2) is 5.48 Å². The maximum atomic E-state index is 12.1. The zero-order valence-electron chi connectivity index (χ0n) is 14.6. The van der Waals surface area contributed by atoms with Crippen molar-refractivity contribution in [3.05, 3.63) is 54.1 Å². The Bertz CT molecular complexity index is 788. The fourth-order valence-electron chi connectivity index (χ4n) is 2.32. The summed E-state index contributed by atoms with van der Waals surface area (Å²) in [4.78, 5) is 33.7. The van der Waals surface area contributed by atoms with Gasteiger partial charge in [0.05, 0.1) is 0 Å². The Kier molecular flexibility index (Phi) is 7.33. The zero-order chi connectivity index (χ0) is 19.6. The number of nitrogens with one attached hydrogen (secondary N) is 2. The molecule has 5 N–H and O–H groups in total. The van der Waals surface area contributed by atoms with E-state index in [4.69, 9.17) is 15.7 Å². The van der Waals surface area contributed by atoms with Crippen molar-refractivity contribution >= 4 is 17.7 Å². The van der Waals surface area contributed by atoms with Gasteiger partial charge in [0.25, 0.3) is 11.8 Å². The first-order valence-corrected chi connectivity index (χ1v) is 8.32. The molecule has 0 radical (unpaired) electrons. The minimum Gasteiger partial charge on any atom is -0.484 e. The molecule has 0 aliphatic heterocycles. The van der Waals surface area contributed by atoms with Crippen LogP contribution in [0.1, 0.15) is 23.2 Å². The highest BCUT2D eigenvalue weighted by molar-refractivity contribution is 5.94. The van der Waals surface area contributed by atoms with Crippen LogP contribution in [0, 0.1) is 0 Å². The van der Waals surface area contributed by atoms with Crippen molar-refractivity contribution in [2.24, 2.45) is 5.73 Å². The minimum atomic E-state index is -0.537. The van der Waals surface area contributed by atoms with Gasteiger partial charge in [0, 0.05) is 18.5 Å². The molecule has 0 saturated heterocycles. The van der Waals surface area contributed by atoms with Crippen LogP contribution in [0.15, 0.2) is 48.5 Å². The van der Waals surface area contributed by atoms with Crippen LogP contribution in [0.4, 0.5) is 0 Å². The lowest BCUT2D eigenvalue weighted by molar-refractivity contribution is -0.129. The molecule has 2 aromatic rings. The summed E-state index contributed by atoms with van der Waals surface area (Å²) in [6.07, 6.45) is 0.565. The number of carbonyl (C=O) groups excluding carboxylic acids is 3. The van der Waals surface area contributed by atoms with E-state index in [1.54, 1.807) is 29.7 Å². The average Bonchev–Trinajstić information content (AvgIpc) is 2.69. The number of nitrogens with two attached hydrogens (primary N) is 1. The molecule has 0 atom stereocenters. The second-order valence-electron chi connectivity index (χ2n) is 5.75. The van der Waals surface area contributed by atoms with Crippen molar-refractivity contribution in [2.75, 3.05) is 13.2 Å². The molecule has 2 rings (SSSR count). The third-order valence-electron chi connectivity index (χ3n) is 3.71. The number of amides is 3. The summed E-state index contributed by atoms with van der Waals surface area (Å²) in [6.45, 7) is 0.161. The fourth-order valence-corrected chi connectivity index (χ4v) is 2.32. The number of rotatable bonds is 9. The fraction of sp³-hybridized carbons (Fsp3) is 0.211. The lowest BCUT2D eigenvalue weighted by atomic mass is 10.0. The largest absolute Gasteiger partial charge is 0.484 e. The first-order chi connectivity index (χ1) is 13.0. The van der Waals surface area contributed by atoms with E-state index in [1.165, 1.54) is 0 Å². The number of ether oxygens (including phenoxy) is 1. The molecule has 0 fully saturated rings. The first-order valence-electron chi connectivity index (χ1n) is 8.32. The van der Waals surface area contributed by atoms with Gasteiger partial charge >= 0.3 is 0 Å². The summed E-state index contributed by atoms with van der Waals surface area (Å²) in [5.74, 6) is -0.714. The van der Waals surface area contributed by atoms with Crippen LogP contribution in [-0.2, 0) is 9.59 Å². The van der Waals surface area contributed by atoms with Crippen LogP contribution in [-0.4, -0.2) is 36.1 Å². The van der Waals surface area contributed by atoms with E-state index in [9.17, 15) is 14.4 Å². The summed E-state index contributed by atoms with van der Waals surface area (Å²) in [6, 6.07) is 14.2. The van der Waals surface area contributed by atoms with Crippen LogP contribution in [0.2, 0.25) is 0 Å². The molecule has 0 bridgehead atoms. The summed E-state index contributed by atoms with van der Waals surface area (Å²) in [5.41, 5.74) is 8.94. The summed E-state index contributed by atoms with van der Waals surface area (Å²) >= 11 is 0. The van der Waals surface area contributed by atoms with E-state index < -0.39 is 11.8 Å². The van der Waals surface area contributed by atoms with Crippen molar-refractivity contribution in [3.63, 3.8) is 0 Å². The maximum Gasteiger partial charge on any atom is 0.255 e. The van der Waals surface area contributed by atoms with Gasteiger partial charge in [-0.2, -0.15) is 0 Å². The van der Waals surface area contributed by atoms with E-state index in [0.717, 1.165) is 11.1 Å². The lowest BCUT2D eigenvalue weighted by Crippen LogP contribution is -2.26. The molecule has 0 heterocycles. The summed E-state index contributed by atoms with van der Waals surface area (Å²) in [7, 11) is 0. The predicted octanol–water partition coefficient (Wildman–Crippen LogP) is 1.23. The average molecular weight is 371 g/mol. The second kappa shape index (κ2) is 9.93. The highest BCUT2D eigenvalue weighted by atomic mass is 16.5. The Hall–Kier alpha value is -3.39. The van der Waals surface area contributed by atoms with Crippen LogP contribution in [0.25, 0.3) is 11.1 Å². The molecule has 8 heteroatoms. The number of hydroxylamine groups is 1. The molecule has 0 spiro atoms.